The summed E-state index contributed by atoms with van der Waals surface area (Å²) in [6, 6.07) is 0.380. The van der Waals surface area contributed by atoms with E-state index in [0.717, 1.165) is 77.8 Å². The van der Waals surface area contributed by atoms with Gasteiger partial charge in [0, 0.05) is 66.0 Å². The molecule has 0 aromatic rings. The van der Waals surface area contributed by atoms with Gasteiger partial charge in [0.1, 0.15) is 6.54 Å². The molecule has 0 saturated carbocycles. The third kappa shape index (κ3) is 8.58. The van der Waals surface area contributed by atoms with Gasteiger partial charge in [0.15, 0.2) is 5.96 Å². The van der Waals surface area contributed by atoms with Crippen LogP contribution in [0.15, 0.2) is 17.1 Å². The van der Waals surface area contributed by atoms with Crippen molar-refractivity contribution in [3.63, 3.8) is 0 Å². The number of piperidine rings is 1. The maximum Gasteiger partial charge on any atom is 0.243 e. The molecular formula is C20H38N6O2. The summed E-state index contributed by atoms with van der Waals surface area (Å²) in [5, 5.41) is 6.95. The zero-order valence-electron chi connectivity index (χ0n) is 17.9. The van der Waals surface area contributed by atoms with Crippen LogP contribution in [0.3, 0.4) is 0 Å². The fraction of sp³-hybridized carbons (Fsp3) is 0.800. The van der Waals surface area contributed by atoms with Crippen LogP contribution in [-0.4, -0.2) is 112 Å². The van der Waals surface area contributed by atoms with E-state index in [2.05, 4.69) is 38.9 Å². The fourth-order valence-electron chi connectivity index (χ4n) is 3.41. The number of likely N-dealkylation sites (tertiary alicyclic amines) is 1. The SMILES string of the molecule is C=C(C)CN1CCC(NC(=NCC(=O)N(C)C)NCCN2CCOCC2)CC1. The zero-order valence-corrected chi connectivity index (χ0v) is 17.9. The van der Waals surface area contributed by atoms with E-state index in [0.29, 0.717) is 6.04 Å². The molecule has 0 unspecified atom stereocenters. The maximum atomic E-state index is 11.9. The van der Waals surface area contributed by atoms with E-state index in [1.807, 2.05) is 0 Å². The van der Waals surface area contributed by atoms with Gasteiger partial charge in [-0.05, 0) is 19.8 Å². The van der Waals surface area contributed by atoms with Crippen molar-refractivity contribution in [2.24, 2.45) is 4.99 Å². The molecule has 2 aliphatic heterocycles. The second-order valence-electron chi connectivity index (χ2n) is 7.99. The van der Waals surface area contributed by atoms with E-state index in [1.165, 1.54) is 5.57 Å². The Balaban J connectivity index is 1.82. The van der Waals surface area contributed by atoms with E-state index < -0.39 is 0 Å². The molecule has 8 nitrogen and oxygen atoms in total. The van der Waals surface area contributed by atoms with Crippen LogP contribution in [0.2, 0.25) is 0 Å². The summed E-state index contributed by atoms with van der Waals surface area (Å²) >= 11 is 0. The summed E-state index contributed by atoms with van der Waals surface area (Å²) < 4.78 is 5.40. The summed E-state index contributed by atoms with van der Waals surface area (Å²) in [7, 11) is 3.52. The van der Waals surface area contributed by atoms with Crippen molar-refractivity contribution in [3.8, 4) is 0 Å². The van der Waals surface area contributed by atoms with Gasteiger partial charge in [0.25, 0.3) is 0 Å². The molecule has 0 aromatic heterocycles. The van der Waals surface area contributed by atoms with Crippen LogP contribution in [0.4, 0.5) is 0 Å². The zero-order chi connectivity index (χ0) is 20.4. The summed E-state index contributed by atoms with van der Waals surface area (Å²) in [5.41, 5.74) is 1.21. The molecule has 2 aliphatic rings. The smallest absolute Gasteiger partial charge is 0.243 e. The first-order chi connectivity index (χ1) is 13.4. The summed E-state index contributed by atoms with van der Waals surface area (Å²) in [5.74, 6) is 0.743. The number of hydrogen-bond donors (Lipinski definition) is 2. The van der Waals surface area contributed by atoms with Gasteiger partial charge in [-0.25, -0.2) is 4.99 Å². The predicted molar refractivity (Wildman–Crippen MR) is 114 cm³/mol. The molecule has 0 spiro atoms. The average Bonchev–Trinajstić information content (AvgIpc) is 2.67. The van der Waals surface area contributed by atoms with Crippen LogP contribution >= 0.6 is 0 Å². The minimum atomic E-state index is 0.00515. The van der Waals surface area contributed by atoms with E-state index >= 15 is 0 Å². The lowest BCUT2D eigenvalue weighted by Crippen LogP contribution is -2.50. The number of morpholine rings is 1. The van der Waals surface area contributed by atoms with Gasteiger partial charge >= 0.3 is 0 Å². The highest BCUT2D eigenvalue weighted by Gasteiger charge is 2.20. The fourth-order valence-corrected chi connectivity index (χ4v) is 3.41. The number of carbonyl (C=O) groups is 1. The Bertz CT molecular complexity index is 523. The standard InChI is InChI=1S/C20H38N6O2/c1-17(2)16-26-8-5-18(6-9-26)23-20(22-15-19(27)24(3)4)21-7-10-25-11-13-28-14-12-25/h18H,1,5-16H2,2-4H3,(H2,21,22,23). The number of nitrogens with one attached hydrogen (secondary N) is 2. The van der Waals surface area contributed by atoms with E-state index in [4.69, 9.17) is 4.74 Å². The van der Waals surface area contributed by atoms with Gasteiger partial charge < -0.3 is 20.3 Å². The molecule has 0 aliphatic carbocycles. The quantitative estimate of drug-likeness (QED) is 0.343. The first kappa shape index (κ1) is 22.6. The lowest BCUT2D eigenvalue weighted by Gasteiger charge is -2.33. The highest BCUT2D eigenvalue weighted by atomic mass is 16.5. The number of aliphatic imine (C=N–C) groups is 1. The summed E-state index contributed by atoms with van der Waals surface area (Å²) in [6.45, 7) is 14.6. The van der Waals surface area contributed by atoms with E-state index in [1.54, 1.807) is 19.0 Å². The Hall–Kier alpha value is -1.64. The second kappa shape index (κ2) is 12.0. The Morgan fingerprint density at radius 3 is 2.46 bits per heavy atom. The van der Waals surface area contributed by atoms with E-state index in [-0.39, 0.29) is 12.5 Å². The highest BCUT2D eigenvalue weighted by molar-refractivity contribution is 5.84. The van der Waals surface area contributed by atoms with Crippen LogP contribution in [0.25, 0.3) is 0 Å². The molecule has 8 heteroatoms. The Kier molecular flexibility index (Phi) is 9.73. The molecule has 0 aromatic carbocycles. The summed E-state index contributed by atoms with van der Waals surface area (Å²) in [6.07, 6.45) is 2.14. The molecule has 0 atom stereocenters. The molecule has 1 amide bonds. The highest BCUT2D eigenvalue weighted by Crippen LogP contribution is 2.11. The van der Waals surface area contributed by atoms with Crippen molar-refractivity contribution in [1.82, 2.24) is 25.3 Å². The van der Waals surface area contributed by atoms with E-state index in [9.17, 15) is 4.79 Å². The number of carbonyl (C=O) groups excluding carboxylic acids is 1. The molecule has 0 radical (unpaired) electrons. The van der Waals surface area contributed by atoms with Gasteiger partial charge in [-0.3, -0.25) is 14.6 Å². The normalized spacial score (nSPS) is 20.0. The van der Waals surface area contributed by atoms with Crippen molar-refractivity contribution in [1.29, 1.82) is 0 Å². The Morgan fingerprint density at radius 1 is 1.18 bits per heavy atom. The number of hydrogen-bond acceptors (Lipinski definition) is 5. The number of nitrogens with zero attached hydrogens (tertiary/aromatic N) is 4. The maximum absolute atomic E-state index is 11.9. The largest absolute Gasteiger partial charge is 0.379 e. The van der Waals surface area contributed by atoms with Gasteiger partial charge in [-0.1, -0.05) is 12.2 Å². The third-order valence-corrected chi connectivity index (χ3v) is 5.12. The van der Waals surface area contributed by atoms with Crippen molar-refractivity contribution in [2.75, 3.05) is 79.7 Å². The monoisotopic (exact) mass is 394 g/mol. The molecule has 28 heavy (non-hydrogen) atoms. The average molecular weight is 395 g/mol. The number of guanidine groups is 1. The number of amides is 1. The van der Waals surface area contributed by atoms with Gasteiger partial charge in [-0.2, -0.15) is 0 Å². The van der Waals surface area contributed by atoms with Crippen LogP contribution in [0.5, 0.6) is 0 Å². The van der Waals surface area contributed by atoms with Crippen LogP contribution in [0, 0.1) is 0 Å². The Morgan fingerprint density at radius 2 is 1.86 bits per heavy atom. The molecular weight excluding hydrogens is 356 g/mol. The minimum Gasteiger partial charge on any atom is -0.379 e. The Labute approximate surface area is 170 Å². The molecule has 0 bridgehead atoms. The van der Waals surface area contributed by atoms with Crippen molar-refractivity contribution >= 4 is 11.9 Å². The van der Waals surface area contributed by atoms with Crippen LogP contribution in [0.1, 0.15) is 19.8 Å². The van der Waals surface area contributed by atoms with Crippen LogP contribution < -0.4 is 10.6 Å². The molecule has 2 heterocycles. The van der Waals surface area contributed by atoms with Crippen LogP contribution in [-0.2, 0) is 9.53 Å². The van der Waals surface area contributed by atoms with Crippen molar-refractivity contribution < 1.29 is 9.53 Å². The van der Waals surface area contributed by atoms with Gasteiger partial charge in [0.05, 0.1) is 13.2 Å². The lowest BCUT2D eigenvalue weighted by molar-refractivity contribution is -0.127. The topological polar surface area (TPSA) is 72.4 Å². The lowest BCUT2D eigenvalue weighted by atomic mass is 10.0. The first-order valence-electron chi connectivity index (χ1n) is 10.4. The molecule has 160 valence electrons. The molecule has 2 rings (SSSR count). The van der Waals surface area contributed by atoms with Crippen molar-refractivity contribution in [3.05, 3.63) is 12.2 Å². The minimum absolute atomic E-state index is 0.00515. The summed E-state index contributed by atoms with van der Waals surface area (Å²) in [4.78, 5) is 22.9. The number of ether oxygens (including phenoxy) is 1. The molecule has 2 N–H and O–H groups in total. The van der Waals surface area contributed by atoms with Gasteiger partial charge in [-0.15, -0.1) is 0 Å². The van der Waals surface area contributed by atoms with Gasteiger partial charge in [0.2, 0.25) is 5.91 Å². The molecule has 2 fully saturated rings. The predicted octanol–water partition coefficient (Wildman–Crippen LogP) is -0.0175. The first-order valence-corrected chi connectivity index (χ1v) is 10.4. The number of rotatable bonds is 8. The molecule has 2 saturated heterocycles. The number of likely N-dealkylation sites (N-methyl/N-ethyl adjacent to an activating group) is 1. The third-order valence-electron chi connectivity index (χ3n) is 5.12. The van der Waals surface area contributed by atoms with Crippen molar-refractivity contribution in [2.45, 2.75) is 25.8 Å². The second-order valence-corrected chi connectivity index (χ2v) is 7.99.